The van der Waals surface area contributed by atoms with Crippen LogP contribution in [0.4, 0.5) is 17.6 Å². The number of alkyl halides is 3. The highest BCUT2D eigenvalue weighted by atomic mass is 19.4. The molecule has 0 fully saturated rings. The zero-order chi connectivity index (χ0) is 22.1. The van der Waals surface area contributed by atoms with Crippen LogP contribution in [-0.4, -0.2) is 27.8 Å². The Bertz CT molecular complexity index is 1100. The van der Waals surface area contributed by atoms with Crippen molar-refractivity contribution in [3.63, 3.8) is 0 Å². The van der Waals surface area contributed by atoms with Gasteiger partial charge in [0.15, 0.2) is 5.82 Å². The Morgan fingerprint density at radius 2 is 1.90 bits per heavy atom. The lowest BCUT2D eigenvalue weighted by molar-refractivity contribution is -0.0949. The van der Waals surface area contributed by atoms with Gasteiger partial charge in [0.25, 0.3) is 0 Å². The Kier molecular flexibility index (Phi) is 5.96. The number of rotatable bonds is 5. The van der Waals surface area contributed by atoms with E-state index in [1.165, 1.54) is 19.2 Å². The minimum Gasteiger partial charge on any atom is -0.384 e. The van der Waals surface area contributed by atoms with Crippen LogP contribution in [0.3, 0.4) is 0 Å². The number of hydrogen-bond donors (Lipinski definition) is 1. The smallest absolute Gasteiger partial charge is 0.384 e. The van der Waals surface area contributed by atoms with Gasteiger partial charge in [0.2, 0.25) is 0 Å². The molecule has 1 N–H and O–H groups in total. The largest absolute Gasteiger partial charge is 0.430 e. The molecule has 158 valence electrons. The molecule has 0 saturated heterocycles. The van der Waals surface area contributed by atoms with E-state index >= 15 is 0 Å². The molecule has 0 radical (unpaired) electrons. The van der Waals surface area contributed by atoms with E-state index in [2.05, 4.69) is 15.3 Å². The van der Waals surface area contributed by atoms with Crippen LogP contribution >= 0.6 is 0 Å². The summed E-state index contributed by atoms with van der Waals surface area (Å²) in [6, 6.07) is 9.70. The molecule has 3 rings (SSSR count). The molecule has 3 aromatic rings. The van der Waals surface area contributed by atoms with Crippen molar-refractivity contribution in [3.05, 3.63) is 64.9 Å². The minimum atomic E-state index is -4.51. The molecule has 2 heterocycles. The molecule has 4 nitrogen and oxygen atoms in total. The number of nitrogens with zero attached hydrogens (tertiary/aromatic N) is 3. The SMILES string of the molecule is CCc1c(/C=C(\NC)C(F)(F)F)nc(-c2nc(-c3cccc(F)c3)ccc2C)n1C. The van der Waals surface area contributed by atoms with Crippen LogP contribution in [0.1, 0.15) is 23.9 Å². The molecule has 0 atom stereocenters. The lowest BCUT2D eigenvalue weighted by atomic mass is 10.1. The van der Waals surface area contributed by atoms with Gasteiger partial charge < -0.3 is 9.88 Å². The Labute approximate surface area is 172 Å². The van der Waals surface area contributed by atoms with Crippen LogP contribution in [0, 0.1) is 12.7 Å². The fourth-order valence-corrected chi connectivity index (χ4v) is 3.30. The first-order chi connectivity index (χ1) is 14.2. The van der Waals surface area contributed by atoms with Crippen molar-refractivity contribution in [2.45, 2.75) is 26.4 Å². The normalized spacial score (nSPS) is 12.3. The molecule has 0 amide bonds. The molecule has 0 bridgehead atoms. The Hall–Kier alpha value is -3.16. The van der Waals surface area contributed by atoms with E-state index in [9.17, 15) is 17.6 Å². The number of hydrogen-bond acceptors (Lipinski definition) is 3. The average molecular weight is 418 g/mol. The molecule has 0 unspecified atom stereocenters. The van der Waals surface area contributed by atoms with Crippen LogP contribution in [0.15, 0.2) is 42.1 Å². The van der Waals surface area contributed by atoms with Gasteiger partial charge in [-0.25, -0.2) is 14.4 Å². The predicted octanol–water partition coefficient (Wildman–Crippen LogP) is 5.28. The number of aryl methyl sites for hydroxylation is 1. The van der Waals surface area contributed by atoms with E-state index in [0.717, 1.165) is 11.6 Å². The second-order valence-corrected chi connectivity index (χ2v) is 6.86. The Morgan fingerprint density at radius 3 is 2.50 bits per heavy atom. The number of aromatic nitrogens is 3. The van der Waals surface area contributed by atoms with E-state index in [1.807, 2.05) is 19.9 Å². The number of imidazole rings is 1. The summed E-state index contributed by atoms with van der Waals surface area (Å²) in [5, 5.41) is 2.19. The van der Waals surface area contributed by atoms with Crippen molar-refractivity contribution in [2.24, 2.45) is 7.05 Å². The van der Waals surface area contributed by atoms with Gasteiger partial charge in [-0.2, -0.15) is 13.2 Å². The lowest BCUT2D eigenvalue weighted by Crippen LogP contribution is -2.22. The molecule has 30 heavy (non-hydrogen) atoms. The fourth-order valence-electron chi connectivity index (χ4n) is 3.30. The van der Waals surface area contributed by atoms with Gasteiger partial charge >= 0.3 is 6.18 Å². The van der Waals surface area contributed by atoms with Gasteiger partial charge in [-0.1, -0.05) is 25.1 Å². The zero-order valence-corrected chi connectivity index (χ0v) is 17.1. The molecule has 0 aliphatic carbocycles. The summed E-state index contributed by atoms with van der Waals surface area (Å²) in [5.41, 5.74) is 2.52. The predicted molar refractivity (Wildman–Crippen MR) is 109 cm³/mol. The van der Waals surface area contributed by atoms with Crippen molar-refractivity contribution in [1.82, 2.24) is 19.9 Å². The molecule has 0 aliphatic heterocycles. The van der Waals surface area contributed by atoms with Gasteiger partial charge in [0.1, 0.15) is 17.2 Å². The summed E-state index contributed by atoms with van der Waals surface area (Å²) >= 11 is 0. The lowest BCUT2D eigenvalue weighted by Gasteiger charge is -2.10. The summed E-state index contributed by atoms with van der Waals surface area (Å²) in [5.74, 6) is 0.0762. The highest BCUT2D eigenvalue weighted by Crippen LogP contribution is 2.30. The maximum atomic E-state index is 13.6. The molecule has 1 aromatic carbocycles. The van der Waals surface area contributed by atoms with E-state index in [0.29, 0.717) is 34.9 Å². The number of pyridine rings is 1. The van der Waals surface area contributed by atoms with Crippen LogP contribution in [0.2, 0.25) is 0 Å². The van der Waals surface area contributed by atoms with Crippen molar-refractivity contribution >= 4 is 6.08 Å². The number of halogens is 4. The summed E-state index contributed by atoms with van der Waals surface area (Å²) in [4.78, 5) is 9.12. The van der Waals surface area contributed by atoms with E-state index < -0.39 is 11.9 Å². The van der Waals surface area contributed by atoms with Crippen LogP contribution in [0.25, 0.3) is 28.9 Å². The van der Waals surface area contributed by atoms with Crippen molar-refractivity contribution in [3.8, 4) is 22.8 Å². The van der Waals surface area contributed by atoms with Crippen LogP contribution in [0.5, 0.6) is 0 Å². The molecule has 0 spiro atoms. The molecular formula is C22H22F4N4. The third-order valence-corrected chi connectivity index (χ3v) is 4.86. The van der Waals surface area contributed by atoms with Crippen LogP contribution < -0.4 is 5.32 Å². The number of nitrogens with one attached hydrogen (secondary N) is 1. The van der Waals surface area contributed by atoms with Gasteiger partial charge in [-0.05, 0) is 43.2 Å². The quantitative estimate of drug-likeness (QED) is 0.573. The molecular weight excluding hydrogens is 396 g/mol. The molecule has 2 aromatic heterocycles. The average Bonchev–Trinajstić information content (AvgIpc) is 3.00. The molecule has 0 aliphatic rings. The van der Waals surface area contributed by atoms with Crippen molar-refractivity contribution < 1.29 is 17.6 Å². The maximum Gasteiger partial charge on any atom is 0.430 e. The van der Waals surface area contributed by atoms with Gasteiger partial charge in [-0.3, -0.25) is 0 Å². The van der Waals surface area contributed by atoms with E-state index in [-0.39, 0.29) is 11.5 Å². The van der Waals surface area contributed by atoms with Gasteiger partial charge in [-0.15, -0.1) is 0 Å². The third-order valence-electron chi connectivity index (χ3n) is 4.86. The molecule has 0 saturated carbocycles. The first kappa shape index (κ1) is 21.5. The second-order valence-electron chi connectivity index (χ2n) is 6.86. The van der Waals surface area contributed by atoms with E-state index in [4.69, 9.17) is 0 Å². The number of allylic oxidation sites excluding steroid dienone is 1. The van der Waals surface area contributed by atoms with E-state index in [1.54, 1.807) is 29.8 Å². The summed E-state index contributed by atoms with van der Waals surface area (Å²) in [6.07, 6.45) is -3.01. The summed E-state index contributed by atoms with van der Waals surface area (Å²) < 4.78 is 55.0. The first-order valence-electron chi connectivity index (χ1n) is 9.41. The third kappa shape index (κ3) is 4.22. The standard InChI is InChI=1S/C22H22F4N4/c1-5-18-17(12-19(27-3)22(24,25)26)29-21(30(18)4)20-13(2)9-10-16(28-20)14-7-6-8-15(23)11-14/h6-12,27H,5H2,1-4H3/b19-12-. The number of benzene rings is 1. The minimum absolute atomic E-state index is 0.231. The Morgan fingerprint density at radius 1 is 1.17 bits per heavy atom. The van der Waals surface area contributed by atoms with Crippen molar-refractivity contribution in [1.29, 1.82) is 0 Å². The highest BCUT2D eigenvalue weighted by Gasteiger charge is 2.33. The molecule has 8 heteroatoms. The topological polar surface area (TPSA) is 42.7 Å². The first-order valence-corrected chi connectivity index (χ1v) is 9.41. The monoisotopic (exact) mass is 418 g/mol. The summed E-state index contributed by atoms with van der Waals surface area (Å²) in [7, 11) is 2.98. The summed E-state index contributed by atoms with van der Waals surface area (Å²) in [6.45, 7) is 3.70. The highest BCUT2D eigenvalue weighted by molar-refractivity contribution is 5.67. The van der Waals surface area contributed by atoms with Crippen LogP contribution in [-0.2, 0) is 13.5 Å². The van der Waals surface area contributed by atoms with Gasteiger partial charge in [0.05, 0.1) is 11.4 Å². The maximum absolute atomic E-state index is 13.6. The van der Waals surface area contributed by atoms with Crippen molar-refractivity contribution in [2.75, 3.05) is 7.05 Å². The Balaban J connectivity index is 2.16. The van der Waals surface area contributed by atoms with Gasteiger partial charge in [0, 0.05) is 25.4 Å². The zero-order valence-electron chi connectivity index (χ0n) is 17.1. The fraction of sp³-hybridized carbons (Fsp3) is 0.273. The second kappa shape index (κ2) is 8.30.